The summed E-state index contributed by atoms with van der Waals surface area (Å²) in [6, 6.07) is 18.3. The lowest BCUT2D eigenvalue weighted by molar-refractivity contribution is 0.668. The van der Waals surface area contributed by atoms with Crippen molar-refractivity contribution < 1.29 is 4.42 Å². The first-order chi connectivity index (χ1) is 19.3. The molecule has 0 saturated heterocycles. The van der Waals surface area contributed by atoms with Crippen molar-refractivity contribution in [2.75, 3.05) is 0 Å². The lowest BCUT2D eigenvalue weighted by Crippen LogP contribution is -1.97. The van der Waals surface area contributed by atoms with E-state index in [2.05, 4.69) is 41.2 Å². The number of benzene rings is 1. The number of hydrogen-bond acceptors (Lipinski definition) is 6. The fourth-order valence-corrected chi connectivity index (χ4v) is 5.83. The molecular formula is C31H17N7O. The molecule has 1 aromatic carbocycles. The molecule has 8 nitrogen and oxygen atoms in total. The number of aromatic nitrogens is 7. The van der Waals surface area contributed by atoms with Crippen molar-refractivity contribution in [1.82, 2.24) is 34.1 Å². The zero-order valence-corrected chi connectivity index (χ0v) is 20.4. The zero-order valence-electron chi connectivity index (χ0n) is 20.4. The van der Waals surface area contributed by atoms with E-state index < -0.39 is 0 Å². The van der Waals surface area contributed by atoms with Crippen LogP contribution >= 0.6 is 0 Å². The average Bonchev–Trinajstić information content (AvgIpc) is 3.64. The maximum Gasteiger partial charge on any atom is 0.154 e. The fourth-order valence-electron chi connectivity index (χ4n) is 5.83. The van der Waals surface area contributed by atoms with Crippen LogP contribution in [0.5, 0.6) is 0 Å². The van der Waals surface area contributed by atoms with Crippen LogP contribution in [0.25, 0.3) is 77.2 Å². The minimum absolute atomic E-state index is 0.741. The van der Waals surface area contributed by atoms with Gasteiger partial charge in [-0.2, -0.15) is 0 Å². The van der Waals surface area contributed by atoms with Gasteiger partial charge in [-0.05, 0) is 54.6 Å². The highest BCUT2D eigenvalue weighted by atomic mass is 16.3. The molecule has 0 unspecified atom stereocenters. The topological polar surface area (TPSA) is 87.5 Å². The van der Waals surface area contributed by atoms with E-state index in [1.165, 1.54) is 0 Å². The van der Waals surface area contributed by atoms with Gasteiger partial charge in [-0.15, -0.1) is 0 Å². The summed E-state index contributed by atoms with van der Waals surface area (Å²) in [5, 5.41) is 5.16. The Balaban J connectivity index is 1.32. The van der Waals surface area contributed by atoms with Gasteiger partial charge in [-0.25, -0.2) is 4.98 Å². The van der Waals surface area contributed by atoms with E-state index in [0.29, 0.717) is 0 Å². The largest absolute Gasteiger partial charge is 0.454 e. The minimum Gasteiger partial charge on any atom is -0.454 e. The summed E-state index contributed by atoms with van der Waals surface area (Å²) in [5.41, 5.74) is 7.56. The summed E-state index contributed by atoms with van der Waals surface area (Å²) >= 11 is 0. The van der Waals surface area contributed by atoms with Gasteiger partial charge >= 0.3 is 0 Å². The van der Waals surface area contributed by atoms with Gasteiger partial charge in [0.15, 0.2) is 5.58 Å². The highest BCUT2D eigenvalue weighted by molar-refractivity contribution is 6.10. The second-order valence-corrected chi connectivity index (χ2v) is 9.54. The second kappa shape index (κ2) is 7.45. The fraction of sp³-hybridized carbons (Fsp3) is 0. The van der Waals surface area contributed by atoms with Crippen molar-refractivity contribution in [2.24, 2.45) is 0 Å². The molecular weight excluding hydrogens is 486 g/mol. The summed E-state index contributed by atoms with van der Waals surface area (Å²) in [6.07, 6.45) is 14.8. The molecule has 0 amide bonds. The highest BCUT2D eigenvalue weighted by Crippen LogP contribution is 2.36. The molecule has 0 aliphatic heterocycles. The van der Waals surface area contributed by atoms with Gasteiger partial charge in [0, 0.05) is 82.2 Å². The molecule has 0 N–H and O–H groups in total. The van der Waals surface area contributed by atoms with E-state index >= 15 is 0 Å². The van der Waals surface area contributed by atoms with Gasteiger partial charge in [-0.1, -0.05) is 0 Å². The Morgan fingerprint density at radius 1 is 0.487 bits per heavy atom. The lowest BCUT2D eigenvalue weighted by atomic mass is 10.2. The number of fused-ring (bicyclic) bond motifs is 9. The molecule has 9 rings (SSSR count). The van der Waals surface area contributed by atoms with Crippen molar-refractivity contribution in [1.29, 1.82) is 0 Å². The summed E-state index contributed by atoms with van der Waals surface area (Å²) in [5.74, 6) is 0.807. The normalized spacial score (nSPS) is 12.1. The predicted octanol–water partition coefficient (Wildman–Crippen LogP) is 6.76. The van der Waals surface area contributed by atoms with Gasteiger partial charge < -0.3 is 8.98 Å². The SMILES string of the molecule is c1cc2c(cn1)c1cnccc1n2-c1ccc2oc3ccc(-n4c5ccncc5c5cnccc54)nc3c2c1. The lowest BCUT2D eigenvalue weighted by Gasteiger charge is -2.08. The quantitative estimate of drug-likeness (QED) is 0.259. The smallest absolute Gasteiger partial charge is 0.154 e. The molecule has 0 aliphatic rings. The van der Waals surface area contributed by atoms with Crippen molar-refractivity contribution in [3.8, 4) is 11.5 Å². The van der Waals surface area contributed by atoms with Gasteiger partial charge in [0.2, 0.25) is 0 Å². The molecule has 0 bridgehead atoms. The van der Waals surface area contributed by atoms with Crippen LogP contribution in [0.2, 0.25) is 0 Å². The standard InChI is InChI=1S/C31H17N7O/c1-2-28-19(13-18(1)37-24-5-9-32-14-20(24)21-15-33-10-6-25(21)37)31-29(39-28)3-4-30(36-31)38-26-7-11-34-16-22(26)23-17-35-12-8-27(23)38/h1-17H. The van der Waals surface area contributed by atoms with Crippen molar-refractivity contribution in [3.05, 3.63) is 104 Å². The summed E-state index contributed by atoms with van der Waals surface area (Å²) < 4.78 is 10.6. The molecule has 0 radical (unpaired) electrons. The first kappa shape index (κ1) is 20.4. The maximum atomic E-state index is 6.23. The molecule has 8 aromatic heterocycles. The third kappa shape index (κ3) is 2.74. The molecule has 0 fully saturated rings. The van der Waals surface area contributed by atoms with Crippen molar-refractivity contribution in [3.63, 3.8) is 0 Å². The van der Waals surface area contributed by atoms with Gasteiger partial charge in [0.25, 0.3) is 0 Å². The van der Waals surface area contributed by atoms with Crippen molar-refractivity contribution in [2.45, 2.75) is 0 Å². The first-order valence-electron chi connectivity index (χ1n) is 12.6. The van der Waals surface area contributed by atoms with Crippen LogP contribution in [-0.2, 0) is 0 Å². The number of nitrogens with zero attached hydrogens (tertiary/aromatic N) is 7. The molecule has 0 saturated carbocycles. The Labute approximate surface area is 219 Å². The summed E-state index contributed by atoms with van der Waals surface area (Å²) in [6.45, 7) is 0. The molecule has 39 heavy (non-hydrogen) atoms. The summed E-state index contributed by atoms with van der Waals surface area (Å²) in [4.78, 5) is 22.5. The van der Waals surface area contributed by atoms with Crippen molar-refractivity contribution >= 4 is 65.7 Å². The van der Waals surface area contributed by atoms with Crippen LogP contribution in [0.1, 0.15) is 0 Å². The molecule has 9 aromatic rings. The van der Waals surface area contributed by atoms with Gasteiger partial charge in [-0.3, -0.25) is 24.5 Å². The van der Waals surface area contributed by atoms with Gasteiger partial charge in [0.1, 0.15) is 16.9 Å². The molecule has 0 atom stereocenters. The molecule has 8 heteroatoms. The molecule has 0 aliphatic carbocycles. The Morgan fingerprint density at radius 2 is 1.00 bits per heavy atom. The predicted molar refractivity (Wildman–Crippen MR) is 151 cm³/mol. The molecule has 0 spiro atoms. The number of hydrogen-bond donors (Lipinski definition) is 0. The molecule has 182 valence electrons. The van der Waals surface area contributed by atoms with Gasteiger partial charge in [0.05, 0.1) is 22.1 Å². The van der Waals surface area contributed by atoms with Crippen LogP contribution in [-0.4, -0.2) is 34.1 Å². The zero-order chi connectivity index (χ0) is 25.5. The molecule has 8 heterocycles. The van der Waals surface area contributed by atoms with Crippen LogP contribution in [0.15, 0.2) is 109 Å². The van der Waals surface area contributed by atoms with E-state index in [1.807, 2.05) is 79.6 Å². The van der Waals surface area contributed by atoms with E-state index in [4.69, 9.17) is 9.40 Å². The van der Waals surface area contributed by atoms with Crippen LogP contribution < -0.4 is 0 Å². The van der Waals surface area contributed by atoms with E-state index in [1.54, 1.807) is 12.4 Å². The summed E-state index contributed by atoms with van der Waals surface area (Å²) in [7, 11) is 0. The Morgan fingerprint density at radius 3 is 1.56 bits per heavy atom. The maximum absolute atomic E-state index is 6.23. The van der Waals surface area contributed by atoms with Crippen LogP contribution in [0.4, 0.5) is 0 Å². The Bertz CT molecular complexity index is 2140. The Hall–Kier alpha value is -5.63. The minimum atomic E-state index is 0.741. The van der Waals surface area contributed by atoms with Crippen LogP contribution in [0, 0.1) is 0 Å². The third-order valence-corrected chi connectivity index (χ3v) is 7.51. The monoisotopic (exact) mass is 503 g/mol. The van der Waals surface area contributed by atoms with Crippen LogP contribution in [0.3, 0.4) is 0 Å². The first-order valence-corrected chi connectivity index (χ1v) is 12.6. The van der Waals surface area contributed by atoms with E-state index in [0.717, 1.165) is 77.2 Å². The second-order valence-electron chi connectivity index (χ2n) is 9.54. The number of pyridine rings is 5. The average molecular weight is 504 g/mol. The number of furan rings is 1. The van der Waals surface area contributed by atoms with E-state index in [9.17, 15) is 0 Å². The highest BCUT2D eigenvalue weighted by Gasteiger charge is 2.17. The number of rotatable bonds is 2. The third-order valence-electron chi connectivity index (χ3n) is 7.51. The van der Waals surface area contributed by atoms with E-state index in [-0.39, 0.29) is 0 Å². The Kier molecular flexibility index (Phi) is 3.90.